The maximum Gasteiger partial charge on any atom is 0.237 e. The van der Waals surface area contributed by atoms with Crippen LogP contribution in [-0.2, 0) is 4.79 Å². The molecule has 0 bridgehead atoms. The second kappa shape index (κ2) is 5.23. The Morgan fingerprint density at radius 2 is 2.06 bits per heavy atom. The van der Waals surface area contributed by atoms with Gasteiger partial charge in [-0.3, -0.25) is 4.79 Å². The van der Waals surface area contributed by atoms with Crippen LogP contribution in [0.5, 0.6) is 5.75 Å². The van der Waals surface area contributed by atoms with Gasteiger partial charge in [-0.05, 0) is 12.1 Å². The maximum absolute atomic E-state index is 11.4. The molecule has 1 aliphatic heterocycles. The third kappa shape index (κ3) is 2.79. The van der Waals surface area contributed by atoms with E-state index in [0.717, 1.165) is 18.9 Å². The summed E-state index contributed by atoms with van der Waals surface area (Å²) < 4.78 is 0. The van der Waals surface area contributed by atoms with E-state index in [1.165, 1.54) is 6.20 Å². The van der Waals surface area contributed by atoms with E-state index in [4.69, 9.17) is 16.7 Å². The van der Waals surface area contributed by atoms with Gasteiger partial charge in [0.2, 0.25) is 5.91 Å². The largest absolute Gasteiger partial charge is 0.506 e. The Morgan fingerprint density at radius 1 is 1.35 bits per heavy atom. The lowest BCUT2D eigenvalue weighted by Gasteiger charge is -2.35. The first-order valence-corrected chi connectivity index (χ1v) is 5.98. The highest BCUT2D eigenvalue weighted by Gasteiger charge is 2.20. The second-order valence-electron chi connectivity index (χ2n) is 3.88. The number of amides is 1. The molecule has 0 spiro atoms. The van der Waals surface area contributed by atoms with Crippen LogP contribution in [0.15, 0.2) is 18.3 Å². The number of pyridine rings is 1. The summed E-state index contributed by atoms with van der Waals surface area (Å²) in [6, 6.07) is 3.38. The molecule has 6 heteroatoms. The number of anilines is 1. The average molecular weight is 256 g/mol. The zero-order valence-corrected chi connectivity index (χ0v) is 10.1. The number of carbonyl (C=O) groups is 1. The van der Waals surface area contributed by atoms with E-state index in [0.29, 0.717) is 13.1 Å². The van der Waals surface area contributed by atoms with Gasteiger partial charge in [0.25, 0.3) is 0 Å². The highest BCUT2D eigenvalue weighted by Crippen LogP contribution is 2.16. The number of aromatic nitrogens is 1. The van der Waals surface area contributed by atoms with Gasteiger partial charge >= 0.3 is 0 Å². The van der Waals surface area contributed by atoms with E-state index in [9.17, 15) is 4.79 Å². The van der Waals surface area contributed by atoms with Gasteiger partial charge in [-0.1, -0.05) is 0 Å². The first-order valence-electron chi connectivity index (χ1n) is 5.44. The molecule has 0 unspecified atom stereocenters. The van der Waals surface area contributed by atoms with Crippen molar-refractivity contribution in [1.82, 2.24) is 9.88 Å². The molecule has 0 saturated carbocycles. The van der Waals surface area contributed by atoms with Crippen molar-refractivity contribution < 1.29 is 9.90 Å². The summed E-state index contributed by atoms with van der Waals surface area (Å²) in [6.45, 7) is 2.79. The predicted molar refractivity (Wildman–Crippen MR) is 65.4 cm³/mol. The summed E-state index contributed by atoms with van der Waals surface area (Å²) in [5.41, 5.74) is 0. The monoisotopic (exact) mass is 255 g/mol. The third-order valence-corrected chi connectivity index (χ3v) is 3.03. The van der Waals surface area contributed by atoms with Crippen LogP contribution in [0.25, 0.3) is 0 Å². The molecule has 1 saturated heterocycles. The van der Waals surface area contributed by atoms with Crippen LogP contribution in [0.4, 0.5) is 5.82 Å². The molecule has 2 heterocycles. The molecule has 17 heavy (non-hydrogen) atoms. The molecule has 1 aromatic heterocycles. The lowest BCUT2D eigenvalue weighted by atomic mass is 10.3. The lowest BCUT2D eigenvalue weighted by molar-refractivity contribution is -0.128. The van der Waals surface area contributed by atoms with Crippen molar-refractivity contribution in [3.05, 3.63) is 18.3 Å². The van der Waals surface area contributed by atoms with E-state index in [-0.39, 0.29) is 17.5 Å². The third-order valence-electron chi connectivity index (χ3n) is 2.80. The van der Waals surface area contributed by atoms with Crippen LogP contribution in [0.3, 0.4) is 0 Å². The fraction of sp³-hybridized carbons (Fsp3) is 0.455. The molecule has 1 amide bonds. The number of hydrogen-bond donors (Lipinski definition) is 1. The molecule has 1 aliphatic rings. The maximum atomic E-state index is 11.4. The van der Waals surface area contributed by atoms with Gasteiger partial charge in [-0.25, -0.2) is 4.98 Å². The standard InChI is InChI=1S/C11H14ClN3O2/c12-7-11(17)15-5-3-14(4-6-15)10-2-1-9(16)8-13-10/h1-2,8,16H,3-7H2. The van der Waals surface area contributed by atoms with Gasteiger partial charge < -0.3 is 14.9 Å². The Hall–Kier alpha value is -1.49. The van der Waals surface area contributed by atoms with Crippen molar-refractivity contribution in [3.63, 3.8) is 0 Å². The van der Waals surface area contributed by atoms with E-state index in [1.807, 2.05) is 0 Å². The van der Waals surface area contributed by atoms with Gasteiger partial charge in [-0.2, -0.15) is 0 Å². The Labute approximate surface area is 105 Å². The topological polar surface area (TPSA) is 56.7 Å². The first kappa shape index (κ1) is 12.0. The van der Waals surface area contributed by atoms with Crippen LogP contribution >= 0.6 is 11.6 Å². The number of aromatic hydroxyl groups is 1. The first-order chi connectivity index (χ1) is 8.20. The van der Waals surface area contributed by atoms with Gasteiger partial charge in [-0.15, -0.1) is 11.6 Å². The minimum absolute atomic E-state index is 0.0232. The van der Waals surface area contributed by atoms with Crippen LogP contribution in [0, 0.1) is 0 Å². The summed E-state index contributed by atoms with van der Waals surface area (Å²) in [5.74, 6) is 0.993. The minimum Gasteiger partial charge on any atom is -0.506 e. The van der Waals surface area contributed by atoms with E-state index in [2.05, 4.69) is 9.88 Å². The van der Waals surface area contributed by atoms with Crippen molar-refractivity contribution in [3.8, 4) is 5.75 Å². The Kier molecular flexibility index (Phi) is 3.68. The van der Waals surface area contributed by atoms with Crippen LogP contribution in [0.2, 0.25) is 0 Å². The van der Waals surface area contributed by atoms with Crippen molar-refractivity contribution in [1.29, 1.82) is 0 Å². The molecule has 1 aromatic rings. The Balaban J connectivity index is 1.95. The second-order valence-corrected chi connectivity index (χ2v) is 4.14. The number of carbonyl (C=O) groups excluding carboxylic acids is 1. The minimum atomic E-state index is -0.0232. The highest BCUT2D eigenvalue weighted by atomic mass is 35.5. The van der Waals surface area contributed by atoms with Crippen molar-refractivity contribution in [2.75, 3.05) is 37.0 Å². The van der Waals surface area contributed by atoms with Crippen LogP contribution in [0.1, 0.15) is 0 Å². The van der Waals surface area contributed by atoms with Crippen molar-refractivity contribution in [2.24, 2.45) is 0 Å². The number of halogens is 1. The molecular formula is C11H14ClN3O2. The fourth-order valence-corrected chi connectivity index (χ4v) is 2.00. The fourth-order valence-electron chi connectivity index (χ4n) is 1.83. The summed E-state index contributed by atoms with van der Waals surface area (Å²) in [4.78, 5) is 19.4. The highest BCUT2D eigenvalue weighted by molar-refractivity contribution is 6.27. The quantitative estimate of drug-likeness (QED) is 0.790. The number of hydrogen-bond acceptors (Lipinski definition) is 4. The van der Waals surface area contributed by atoms with Gasteiger partial charge in [0.05, 0.1) is 6.20 Å². The normalized spacial score (nSPS) is 16.1. The summed E-state index contributed by atoms with van der Waals surface area (Å²) in [6.07, 6.45) is 1.42. The van der Waals surface area contributed by atoms with Crippen LogP contribution < -0.4 is 4.90 Å². The molecule has 1 N–H and O–H groups in total. The van der Waals surface area contributed by atoms with Crippen molar-refractivity contribution >= 4 is 23.3 Å². The predicted octanol–water partition coefficient (Wildman–Crippen LogP) is 0.675. The average Bonchev–Trinajstić information content (AvgIpc) is 2.39. The Morgan fingerprint density at radius 3 is 2.59 bits per heavy atom. The SMILES string of the molecule is O=C(CCl)N1CCN(c2ccc(O)cn2)CC1. The summed E-state index contributed by atoms with van der Waals surface area (Å²) in [7, 11) is 0. The number of nitrogens with zero attached hydrogens (tertiary/aromatic N) is 3. The van der Waals surface area contributed by atoms with Gasteiger partial charge in [0.15, 0.2) is 0 Å². The molecule has 2 rings (SSSR count). The van der Waals surface area contributed by atoms with E-state index < -0.39 is 0 Å². The summed E-state index contributed by atoms with van der Waals surface area (Å²) in [5, 5.41) is 9.15. The Bertz CT molecular complexity index is 388. The molecule has 0 aliphatic carbocycles. The molecule has 5 nitrogen and oxygen atoms in total. The smallest absolute Gasteiger partial charge is 0.237 e. The van der Waals surface area contributed by atoms with Gasteiger partial charge in [0, 0.05) is 26.2 Å². The lowest BCUT2D eigenvalue weighted by Crippen LogP contribution is -2.49. The molecular weight excluding hydrogens is 242 g/mol. The zero-order chi connectivity index (χ0) is 12.3. The molecule has 92 valence electrons. The number of alkyl halides is 1. The molecule has 1 fully saturated rings. The molecule has 0 atom stereocenters. The molecule has 0 aromatic carbocycles. The summed E-state index contributed by atoms with van der Waals surface area (Å²) >= 11 is 5.51. The van der Waals surface area contributed by atoms with Crippen LogP contribution in [-0.4, -0.2) is 53.0 Å². The van der Waals surface area contributed by atoms with Gasteiger partial charge in [0.1, 0.15) is 17.4 Å². The zero-order valence-electron chi connectivity index (χ0n) is 9.34. The molecule has 0 radical (unpaired) electrons. The number of rotatable bonds is 2. The van der Waals surface area contributed by atoms with E-state index >= 15 is 0 Å². The number of piperazine rings is 1. The van der Waals surface area contributed by atoms with E-state index in [1.54, 1.807) is 17.0 Å². The van der Waals surface area contributed by atoms with Crippen molar-refractivity contribution in [2.45, 2.75) is 0 Å².